The van der Waals surface area contributed by atoms with Gasteiger partial charge in [-0.25, -0.2) is 13.8 Å². The smallest absolute Gasteiger partial charge is 0.148 e. The number of rotatable bonds is 5. The minimum Gasteiger partial charge on any atom is -0.365 e. The molecule has 5 nitrogen and oxygen atoms in total. The second kappa shape index (κ2) is 7.56. The summed E-state index contributed by atoms with van der Waals surface area (Å²) in [5, 5.41) is 11.4. The molecule has 0 saturated carbocycles. The highest BCUT2D eigenvalue weighted by molar-refractivity contribution is 5.59. The lowest BCUT2D eigenvalue weighted by atomic mass is 10.1. The summed E-state index contributed by atoms with van der Waals surface area (Å²) >= 11 is 0. The number of hydrogen-bond donors (Lipinski definition) is 1. The topological polar surface area (TPSA) is 55.6 Å². The molecule has 0 atom stereocenters. The molecule has 2 heterocycles. The number of anilines is 1. The number of nitrogens with zero attached hydrogens (tertiary/aromatic N) is 4. The molecule has 0 radical (unpaired) electrons. The van der Waals surface area contributed by atoms with Crippen molar-refractivity contribution < 1.29 is 8.78 Å². The molecule has 4 aromatic rings. The molecule has 4 rings (SSSR count). The summed E-state index contributed by atoms with van der Waals surface area (Å²) in [6, 6.07) is 14.7. The maximum Gasteiger partial charge on any atom is 0.148 e. The van der Waals surface area contributed by atoms with Gasteiger partial charge in [-0.2, -0.15) is 0 Å². The molecule has 1 N–H and O–H groups in total. The van der Waals surface area contributed by atoms with Crippen LogP contribution in [-0.4, -0.2) is 19.7 Å². The summed E-state index contributed by atoms with van der Waals surface area (Å²) in [5.74, 6) is 0.677. The Hall–Kier alpha value is -3.61. The van der Waals surface area contributed by atoms with E-state index in [4.69, 9.17) is 0 Å². The van der Waals surface area contributed by atoms with Crippen molar-refractivity contribution in [1.29, 1.82) is 0 Å². The lowest BCUT2D eigenvalue weighted by Gasteiger charge is -2.10. The fourth-order valence-corrected chi connectivity index (χ4v) is 2.88. The van der Waals surface area contributed by atoms with Gasteiger partial charge in [0.25, 0.3) is 0 Å². The van der Waals surface area contributed by atoms with E-state index in [-0.39, 0.29) is 11.6 Å². The van der Waals surface area contributed by atoms with Crippen LogP contribution in [0.2, 0.25) is 0 Å². The van der Waals surface area contributed by atoms with Gasteiger partial charge in [-0.15, -0.1) is 10.2 Å². The standard InChI is InChI=1S/C21H17F2N5/c1-14-24-10-11-28(14)20-8-2-15(12-18(20)23)13-25-21-9-7-19(26-27-21)16-3-5-17(22)6-4-16/h2-12H,13H2,1H3,(H,25,27). The van der Waals surface area contributed by atoms with Crippen LogP contribution in [0.1, 0.15) is 11.4 Å². The van der Waals surface area contributed by atoms with Crippen LogP contribution in [0.25, 0.3) is 16.9 Å². The Bertz CT molecular complexity index is 1090. The summed E-state index contributed by atoms with van der Waals surface area (Å²) in [6.45, 7) is 2.23. The van der Waals surface area contributed by atoms with Gasteiger partial charge in [-0.1, -0.05) is 6.07 Å². The molecule has 0 unspecified atom stereocenters. The largest absolute Gasteiger partial charge is 0.365 e. The minimum absolute atomic E-state index is 0.295. The highest BCUT2D eigenvalue weighted by Gasteiger charge is 2.08. The first-order valence-corrected chi connectivity index (χ1v) is 8.72. The van der Waals surface area contributed by atoms with Gasteiger partial charge in [0.05, 0.1) is 11.4 Å². The highest BCUT2D eigenvalue weighted by atomic mass is 19.1. The van der Waals surface area contributed by atoms with Crippen LogP contribution >= 0.6 is 0 Å². The first kappa shape index (κ1) is 17.8. The van der Waals surface area contributed by atoms with E-state index in [1.807, 2.05) is 13.0 Å². The number of hydrogen-bond acceptors (Lipinski definition) is 4. The average Bonchev–Trinajstić information content (AvgIpc) is 3.13. The van der Waals surface area contributed by atoms with Crippen LogP contribution in [0.4, 0.5) is 14.6 Å². The molecule has 0 spiro atoms. The summed E-state index contributed by atoms with van der Waals surface area (Å²) < 4.78 is 29.2. The zero-order valence-corrected chi connectivity index (χ0v) is 15.1. The Morgan fingerprint density at radius 1 is 0.964 bits per heavy atom. The highest BCUT2D eigenvalue weighted by Crippen LogP contribution is 2.19. The van der Waals surface area contributed by atoms with E-state index in [9.17, 15) is 8.78 Å². The van der Waals surface area contributed by atoms with Crippen molar-refractivity contribution >= 4 is 5.82 Å². The Labute approximate surface area is 160 Å². The van der Waals surface area contributed by atoms with E-state index in [0.29, 0.717) is 23.7 Å². The fourth-order valence-electron chi connectivity index (χ4n) is 2.88. The Balaban J connectivity index is 1.44. The van der Waals surface area contributed by atoms with E-state index in [0.717, 1.165) is 17.0 Å². The summed E-state index contributed by atoms with van der Waals surface area (Å²) in [7, 11) is 0. The lowest BCUT2D eigenvalue weighted by molar-refractivity contribution is 0.614. The molecule has 0 aliphatic rings. The zero-order chi connectivity index (χ0) is 19.5. The molecule has 0 bridgehead atoms. The Kier molecular flexibility index (Phi) is 4.80. The molecule has 7 heteroatoms. The van der Waals surface area contributed by atoms with E-state index >= 15 is 0 Å². The summed E-state index contributed by atoms with van der Waals surface area (Å²) in [4.78, 5) is 4.12. The Morgan fingerprint density at radius 2 is 1.79 bits per heavy atom. The third kappa shape index (κ3) is 3.73. The molecule has 2 aromatic carbocycles. The molecule has 0 saturated heterocycles. The van der Waals surface area contributed by atoms with Crippen molar-refractivity contribution in [1.82, 2.24) is 19.7 Å². The van der Waals surface area contributed by atoms with E-state index in [1.165, 1.54) is 18.2 Å². The zero-order valence-electron chi connectivity index (χ0n) is 15.1. The summed E-state index contributed by atoms with van der Waals surface area (Å²) in [6.07, 6.45) is 3.36. The second-order valence-corrected chi connectivity index (χ2v) is 6.29. The van der Waals surface area contributed by atoms with Crippen LogP contribution in [0.5, 0.6) is 0 Å². The second-order valence-electron chi connectivity index (χ2n) is 6.29. The van der Waals surface area contributed by atoms with Gasteiger partial charge in [0.15, 0.2) is 0 Å². The van der Waals surface area contributed by atoms with Gasteiger partial charge >= 0.3 is 0 Å². The number of halogens is 2. The van der Waals surface area contributed by atoms with Gasteiger partial charge < -0.3 is 9.88 Å². The number of nitrogens with one attached hydrogen (secondary N) is 1. The van der Waals surface area contributed by atoms with Gasteiger partial charge in [0, 0.05) is 24.5 Å². The average molecular weight is 377 g/mol. The molecule has 2 aromatic heterocycles. The van der Waals surface area contributed by atoms with Crippen molar-refractivity contribution in [3.8, 4) is 16.9 Å². The normalized spacial score (nSPS) is 10.8. The number of imidazole rings is 1. The molecule has 0 fully saturated rings. The van der Waals surface area contributed by atoms with Crippen LogP contribution in [0.3, 0.4) is 0 Å². The first-order valence-electron chi connectivity index (χ1n) is 8.72. The van der Waals surface area contributed by atoms with Crippen molar-refractivity contribution in [3.63, 3.8) is 0 Å². The fraction of sp³-hybridized carbons (Fsp3) is 0.0952. The lowest BCUT2D eigenvalue weighted by Crippen LogP contribution is -2.05. The monoisotopic (exact) mass is 377 g/mol. The SMILES string of the molecule is Cc1nccn1-c1ccc(CNc2ccc(-c3ccc(F)cc3)nn2)cc1F. The van der Waals surface area contributed by atoms with E-state index < -0.39 is 0 Å². The predicted molar refractivity (Wildman–Crippen MR) is 103 cm³/mol. The summed E-state index contributed by atoms with van der Waals surface area (Å²) in [5.41, 5.74) is 2.68. The number of aromatic nitrogens is 4. The minimum atomic E-state index is -0.321. The maximum atomic E-state index is 14.5. The predicted octanol–water partition coefficient (Wildman–Crippen LogP) is 4.53. The molecule has 0 amide bonds. The van der Waals surface area contributed by atoms with Crippen LogP contribution in [-0.2, 0) is 6.54 Å². The molecule has 0 aliphatic heterocycles. The molecular weight excluding hydrogens is 360 g/mol. The maximum absolute atomic E-state index is 14.5. The molecule has 28 heavy (non-hydrogen) atoms. The Morgan fingerprint density at radius 3 is 2.43 bits per heavy atom. The number of aryl methyl sites for hydroxylation is 1. The third-order valence-electron chi connectivity index (χ3n) is 4.38. The number of benzene rings is 2. The van der Waals surface area contributed by atoms with Crippen LogP contribution in [0.15, 0.2) is 67.0 Å². The van der Waals surface area contributed by atoms with Crippen molar-refractivity contribution in [2.24, 2.45) is 0 Å². The first-order chi connectivity index (χ1) is 13.6. The molecular formula is C21H17F2N5. The van der Waals surface area contributed by atoms with Gasteiger partial charge in [0.1, 0.15) is 23.3 Å². The van der Waals surface area contributed by atoms with Crippen LogP contribution in [0, 0.1) is 18.6 Å². The van der Waals surface area contributed by atoms with Crippen LogP contribution < -0.4 is 5.32 Å². The van der Waals surface area contributed by atoms with Crippen molar-refractivity contribution in [2.75, 3.05) is 5.32 Å². The third-order valence-corrected chi connectivity index (χ3v) is 4.38. The van der Waals surface area contributed by atoms with Crippen molar-refractivity contribution in [3.05, 3.63) is 90.0 Å². The van der Waals surface area contributed by atoms with E-state index in [2.05, 4.69) is 20.5 Å². The molecule has 0 aliphatic carbocycles. The van der Waals surface area contributed by atoms with Crippen molar-refractivity contribution in [2.45, 2.75) is 13.5 Å². The quantitative estimate of drug-likeness (QED) is 0.555. The van der Waals surface area contributed by atoms with Gasteiger partial charge in [-0.05, 0) is 61.0 Å². The molecule has 140 valence electrons. The van der Waals surface area contributed by atoms with Gasteiger partial charge in [0.2, 0.25) is 0 Å². The van der Waals surface area contributed by atoms with E-state index in [1.54, 1.807) is 47.3 Å². The van der Waals surface area contributed by atoms with Gasteiger partial charge in [-0.3, -0.25) is 0 Å².